The van der Waals surface area contributed by atoms with Gasteiger partial charge in [-0.2, -0.15) is 0 Å². The van der Waals surface area contributed by atoms with Crippen molar-refractivity contribution in [3.05, 3.63) is 29.8 Å². The van der Waals surface area contributed by atoms with Crippen molar-refractivity contribution < 1.29 is 4.39 Å². The van der Waals surface area contributed by atoms with Gasteiger partial charge in [-0.1, -0.05) is 6.92 Å². The number of nitrogens with one attached hydrogen (secondary N) is 1. The fraction of sp³-hybridized carbons (Fsp3) is 0.545. The second-order valence-corrected chi connectivity index (χ2v) is 4.27. The van der Waals surface area contributed by atoms with Gasteiger partial charge < -0.3 is 5.32 Å². The normalized spacial score (nSPS) is 30.4. The fourth-order valence-corrected chi connectivity index (χ4v) is 2.07. The van der Waals surface area contributed by atoms with Crippen molar-refractivity contribution in [2.24, 2.45) is 5.92 Å². The molecule has 0 spiro atoms. The molecule has 0 aliphatic heterocycles. The van der Waals surface area contributed by atoms with Gasteiger partial charge in [0.25, 0.3) is 0 Å². The maximum atomic E-state index is 13.0. The Morgan fingerprint density at radius 2 is 2.43 bits per heavy atom. The molecule has 3 heteroatoms. The molecule has 2 unspecified atom stereocenters. The van der Waals surface area contributed by atoms with E-state index in [0.717, 1.165) is 18.5 Å². The lowest BCUT2D eigenvalue weighted by molar-refractivity contribution is 0.591. The van der Waals surface area contributed by atoms with Crippen LogP contribution in [0.15, 0.2) is 18.5 Å². The van der Waals surface area contributed by atoms with Crippen LogP contribution in [-0.4, -0.2) is 18.6 Å². The molecule has 0 amide bonds. The van der Waals surface area contributed by atoms with E-state index >= 15 is 0 Å². The van der Waals surface area contributed by atoms with Gasteiger partial charge in [0, 0.05) is 6.20 Å². The average Bonchev–Trinajstić information content (AvgIpc) is 2.79. The van der Waals surface area contributed by atoms with Crippen LogP contribution in [0, 0.1) is 11.7 Å². The zero-order valence-electron chi connectivity index (χ0n) is 8.55. The number of hydrogen-bond donors (Lipinski definition) is 1. The standard InChI is InChI=1S/C11H15FN2/c1-11(4-9(11)5-13-2)8-3-10(12)7-14-6-8/h3,6-7,9,13H,4-5H2,1-2H3. The topological polar surface area (TPSA) is 24.9 Å². The third kappa shape index (κ3) is 1.52. The molecule has 0 bridgehead atoms. The van der Waals surface area contributed by atoms with Crippen molar-refractivity contribution in [1.29, 1.82) is 0 Å². The summed E-state index contributed by atoms with van der Waals surface area (Å²) in [5.41, 5.74) is 1.16. The minimum Gasteiger partial charge on any atom is -0.319 e. The highest BCUT2D eigenvalue weighted by atomic mass is 19.1. The predicted molar refractivity (Wildman–Crippen MR) is 53.6 cm³/mol. The maximum absolute atomic E-state index is 13.0. The molecule has 0 radical (unpaired) electrons. The van der Waals surface area contributed by atoms with E-state index < -0.39 is 0 Å². The van der Waals surface area contributed by atoms with Gasteiger partial charge >= 0.3 is 0 Å². The number of halogens is 1. The SMILES string of the molecule is CNCC1CC1(C)c1cncc(F)c1. The van der Waals surface area contributed by atoms with Crippen LogP contribution < -0.4 is 5.32 Å². The molecular weight excluding hydrogens is 179 g/mol. The minimum atomic E-state index is -0.237. The summed E-state index contributed by atoms with van der Waals surface area (Å²) in [6, 6.07) is 1.60. The van der Waals surface area contributed by atoms with E-state index in [2.05, 4.69) is 17.2 Å². The van der Waals surface area contributed by atoms with Crippen molar-refractivity contribution in [2.75, 3.05) is 13.6 Å². The number of nitrogens with zero attached hydrogens (tertiary/aromatic N) is 1. The van der Waals surface area contributed by atoms with Crippen LogP contribution in [0.1, 0.15) is 18.9 Å². The van der Waals surface area contributed by atoms with Crippen molar-refractivity contribution in [3.63, 3.8) is 0 Å². The monoisotopic (exact) mass is 194 g/mol. The molecule has 1 saturated carbocycles. The molecule has 2 nitrogen and oxygen atoms in total. The van der Waals surface area contributed by atoms with Crippen molar-refractivity contribution >= 4 is 0 Å². The van der Waals surface area contributed by atoms with Gasteiger partial charge in [-0.25, -0.2) is 4.39 Å². The van der Waals surface area contributed by atoms with E-state index in [0.29, 0.717) is 5.92 Å². The first-order valence-electron chi connectivity index (χ1n) is 4.92. The molecule has 14 heavy (non-hydrogen) atoms. The Hall–Kier alpha value is -0.960. The van der Waals surface area contributed by atoms with E-state index in [1.807, 2.05) is 7.05 Å². The van der Waals surface area contributed by atoms with Crippen molar-refractivity contribution in [3.8, 4) is 0 Å². The summed E-state index contributed by atoms with van der Waals surface area (Å²) in [4.78, 5) is 3.89. The van der Waals surface area contributed by atoms with E-state index in [1.54, 1.807) is 12.3 Å². The van der Waals surface area contributed by atoms with Crippen LogP contribution >= 0.6 is 0 Å². The second-order valence-electron chi connectivity index (χ2n) is 4.27. The number of hydrogen-bond acceptors (Lipinski definition) is 2. The first-order chi connectivity index (χ1) is 6.66. The Morgan fingerprint density at radius 3 is 3.07 bits per heavy atom. The lowest BCUT2D eigenvalue weighted by atomic mass is 9.97. The molecule has 2 atom stereocenters. The third-order valence-corrected chi connectivity index (χ3v) is 3.23. The van der Waals surface area contributed by atoms with E-state index in [4.69, 9.17) is 0 Å². The Morgan fingerprint density at radius 1 is 1.64 bits per heavy atom. The van der Waals surface area contributed by atoms with Gasteiger partial charge in [-0.3, -0.25) is 4.98 Å². The summed E-state index contributed by atoms with van der Waals surface area (Å²) in [6.45, 7) is 3.17. The van der Waals surface area contributed by atoms with Crippen LogP contribution in [0.3, 0.4) is 0 Å². The quantitative estimate of drug-likeness (QED) is 0.792. The molecule has 0 aromatic carbocycles. The lowest BCUT2D eigenvalue weighted by Crippen LogP contribution is -2.16. The first kappa shape index (κ1) is 9.59. The van der Waals surface area contributed by atoms with Gasteiger partial charge in [-0.15, -0.1) is 0 Å². The molecule has 1 heterocycles. The number of rotatable bonds is 3. The summed E-state index contributed by atoms with van der Waals surface area (Å²) in [7, 11) is 1.95. The largest absolute Gasteiger partial charge is 0.319 e. The van der Waals surface area contributed by atoms with E-state index in [9.17, 15) is 4.39 Å². The summed E-state index contributed by atoms with van der Waals surface area (Å²) in [6.07, 6.45) is 4.15. The molecule has 0 saturated heterocycles. The molecule has 1 aromatic heterocycles. The maximum Gasteiger partial charge on any atom is 0.141 e. The Kier molecular flexibility index (Phi) is 2.27. The molecule has 1 aromatic rings. The zero-order valence-corrected chi connectivity index (χ0v) is 8.55. The molecule has 1 N–H and O–H groups in total. The summed E-state index contributed by atoms with van der Waals surface area (Å²) >= 11 is 0. The summed E-state index contributed by atoms with van der Waals surface area (Å²) < 4.78 is 13.0. The zero-order chi connectivity index (χ0) is 10.2. The molecule has 1 aliphatic rings. The highest BCUT2D eigenvalue weighted by Gasteiger charge is 2.50. The smallest absolute Gasteiger partial charge is 0.141 e. The van der Waals surface area contributed by atoms with E-state index in [1.165, 1.54) is 6.20 Å². The van der Waals surface area contributed by atoms with Gasteiger partial charge in [0.1, 0.15) is 5.82 Å². The molecule has 76 valence electrons. The Balaban J connectivity index is 2.17. The van der Waals surface area contributed by atoms with Gasteiger partial charge in [-0.05, 0) is 43.0 Å². The summed E-state index contributed by atoms with van der Waals surface area (Å²) in [5.74, 6) is 0.384. The number of aromatic nitrogens is 1. The Labute approximate surface area is 83.6 Å². The highest BCUT2D eigenvalue weighted by molar-refractivity contribution is 5.30. The van der Waals surface area contributed by atoms with Crippen LogP contribution in [0.2, 0.25) is 0 Å². The second kappa shape index (κ2) is 3.31. The number of pyridine rings is 1. The lowest BCUT2D eigenvalue weighted by Gasteiger charge is -2.10. The summed E-state index contributed by atoms with van der Waals surface area (Å²) in [5, 5.41) is 3.16. The van der Waals surface area contributed by atoms with Crippen LogP contribution in [0.4, 0.5) is 4.39 Å². The first-order valence-corrected chi connectivity index (χ1v) is 4.92. The van der Waals surface area contributed by atoms with Gasteiger partial charge in [0.05, 0.1) is 6.20 Å². The van der Waals surface area contributed by atoms with E-state index in [-0.39, 0.29) is 11.2 Å². The molecular formula is C11H15FN2. The molecule has 2 rings (SSSR count). The highest BCUT2D eigenvalue weighted by Crippen LogP contribution is 2.53. The van der Waals surface area contributed by atoms with Crippen LogP contribution in [0.5, 0.6) is 0 Å². The predicted octanol–water partition coefficient (Wildman–Crippen LogP) is 1.72. The fourth-order valence-electron chi connectivity index (χ4n) is 2.07. The minimum absolute atomic E-state index is 0.137. The van der Waals surface area contributed by atoms with Gasteiger partial charge in [0.15, 0.2) is 0 Å². The van der Waals surface area contributed by atoms with Crippen LogP contribution in [0.25, 0.3) is 0 Å². The van der Waals surface area contributed by atoms with Crippen LogP contribution in [-0.2, 0) is 5.41 Å². The molecule has 1 aliphatic carbocycles. The third-order valence-electron chi connectivity index (χ3n) is 3.23. The average molecular weight is 194 g/mol. The van der Waals surface area contributed by atoms with Crippen molar-refractivity contribution in [2.45, 2.75) is 18.8 Å². The Bertz CT molecular complexity index is 340. The van der Waals surface area contributed by atoms with Gasteiger partial charge in [0.2, 0.25) is 0 Å². The van der Waals surface area contributed by atoms with Crippen molar-refractivity contribution in [1.82, 2.24) is 10.3 Å². The molecule has 1 fully saturated rings.